The molecule has 0 saturated heterocycles. The Morgan fingerprint density at radius 1 is 1.06 bits per heavy atom. The van der Waals surface area contributed by atoms with Crippen molar-refractivity contribution >= 4 is 56.3 Å². The highest BCUT2D eigenvalue weighted by molar-refractivity contribution is 7.16. The summed E-state index contributed by atoms with van der Waals surface area (Å²) < 4.78 is 1.15. The van der Waals surface area contributed by atoms with Crippen molar-refractivity contribution < 1.29 is 9.90 Å². The highest BCUT2D eigenvalue weighted by atomic mass is 35.5. The van der Waals surface area contributed by atoms with Gasteiger partial charge in [-0.3, -0.25) is 0 Å². The summed E-state index contributed by atoms with van der Waals surface area (Å²) in [6, 6.07) is 22.1. The minimum atomic E-state index is -0.965. The maximum atomic E-state index is 10.8. The number of aliphatic carboxylic acids is 1. The Bertz CT molecular complexity index is 1300. The van der Waals surface area contributed by atoms with Crippen LogP contribution in [-0.4, -0.2) is 16.1 Å². The van der Waals surface area contributed by atoms with Gasteiger partial charge in [0.05, 0.1) is 15.7 Å². The van der Waals surface area contributed by atoms with Crippen LogP contribution in [0.25, 0.3) is 27.4 Å². The summed E-state index contributed by atoms with van der Waals surface area (Å²) in [7, 11) is 0. The van der Waals surface area contributed by atoms with Gasteiger partial charge in [-0.1, -0.05) is 67.1 Å². The molecule has 1 heterocycles. The molecule has 0 bridgehead atoms. The van der Waals surface area contributed by atoms with E-state index in [1.54, 1.807) is 17.4 Å². The Balaban J connectivity index is 1.92. The monoisotopic (exact) mass is 445 g/mol. The highest BCUT2D eigenvalue weighted by Crippen LogP contribution is 2.38. The Kier molecular flexibility index (Phi) is 6.31. The number of benzene rings is 3. The molecule has 4 rings (SSSR count). The third-order valence-electron chi connectivity index (χ3n) is 5.09. The van der Waals surface area contributed by atoms with Crippen LogP contribution in [0.2, 0.25) is 5.02 Å². The number of carbonyl (C=O) groups is 1. The van der Waals surface area contributed by atoms with Crippen LogP contribution in [0.3, 0.4) is 0 Å². The summed E-state index contributed by atoms with van der Waals surface area (Å²) in [5.41, 5.74) is 9.02. The lowest BCUT2D eigenvalue weighted by atomic mass is 9.87. The van der Waals surface area contributed by atoms with Crippen molar-refractivity contribution in [3.8, 4) is 0 Å². The van der Waals surface area contributed by atoms with Crippen molar-refractivity contribution in [1.29, 1.82) is 0 Å². The summed E-state index contributed by atoms with van der Waals surface area (Å²) in [6.45, 7) is 2.13. The molecule has 5 heteroatoms. The molecule has 0 aliphatic rings. The molecule has 0 atom stereocenters. The standard InChI is InChI=1S/C26H20ClNO2S/c1-2-20(21-5-3-4-6-22(21)27)26(19-12-13-24-23(15-19)28-16-31-24)18-10-7-17(8-11-18)9-14-25(29)30/h3-16H,2H2,1H3,(H,29,30)/b14-9+,26-20+. The zero-order chi connectivity index (χ0) is 21.8. The number of halogens is 1. The smallest absolute Gasteiger partial charge is 0.328 e. The van der Waals surface area contributed by atoms with Crippen LogP contribution in [0.5, 0.6) is 0 Å². The SMILES string of the molecule is CC/C(=C(/c1ccc(/C=C/C(=O)O)cc1)c1ccc2scnc2c1)c1ccccc1Cl. The number of nitrogens with zero attached hydrogens (tertiary/aromatic N) is 1. The molecular weight excluding hydrogens is 426 g/mol. The lowest BCUT2D eigenvalue weighted by Crippen LogP contribution is -1.96. The van der Waals surface area contributed by atoms with E-state index in [2.05, 4.69) is 30.1 Å². The first-order chi connectivity index (χ1) is 15.1. The summed E-state index contributed by atoms with van der Waals surface area (Å²) in [4.78, 5) is 15.3. The molecule has 3 aromatic carbocycles. The fraction of sp³-hybridized carbons (Fsp3) is 0.0769. The second kappa shape index (κ2) is 9.29. The Morgan fingerprint density at radius 2 is 1.81 bits per heavy atom. The minimum absolute atomic E-state index is 0.715. The summed E-state index contributed by atoms with van der Waals surface area (Å²) >= 11 is 8.20. The van der Waals surface area contributed by atoms with Crippen LogP contribution in [0.1, 0.15) is 35.6 Å². The van der Waals surface area contributed by atoms with Gasteiger partial charge in [-0.2, -0.15) is 0 Å². The van der Waals surface area contributed by atoms with Crippen LogP contribution in [0.4, 0.5) is 0 Å². The molecular formula is C26H20ClNO2S. The predicted octanol–water partition coefficient (Wildman–Crippen LogP) is 7.42. The second-order valence-electron chi connectivity index (χ2n) is 7.02. The van der Waals surface area contributed by atoms with E-state index >= 15 is 0 Å². The molecule has 0 aliphatic heterocycles. The second-order valence-corrected chi connectivity index (χ2v) is 8.31. The van der Waals surface area contributed by atoms with Gasteiger partial charge < -0.3 is 5.11 Å². The minimum Gasteiger partial charge on any atom is -0.478 e. The van der Waals surface area contributed by atoms with Gasteiger partial charge in [0.1, 0.15) is 0 Å². The zero-order valence-corrected chi connectivity index (χ0v) is 18.5. The lowest BCUT2D eigenvalue weighted by Gasteiger charge is -2.17. The number of carboxylic acid groups (broad SMARTS) is 1. The molecule has 0 radical (unpaired) electrons. The largest absolute Gasteiger partial charge is 0.478 e. The van der Waals surface area contributed by atoms with Crippen molar-refractivity contribution in [2.45, 2.75) is 13.3 Å². The average Bonchev–Trinajstić information content (AvgIpc) is 3.25. The van der Waals surface area contributed by atoms with Crippen LogP contribution in [-0.2, 0) is 4.79 Å². The molecule has 0 saturated carbocycles. The van der Waals surface area contributed by atoms with Crippen molar-refractivity contribution in [3.63, 3.8) is 0 Å². The van der Waals surface area contributed by atoms with Gasteiger partial charge in [0.15, 0.2) is 0 Å². The van der Waals surface area contributed by atoms with E-state index in [-0.39, 0.29) is 0 Å². The van der Waals surface area contributed by atoms with Gasteiger partial charge in [0.25, 0.3) is 0 Å². The molecule has 31 heavy (non-hydrogen) atoms. The van der Waals surface area contributed by atoms with Crippen LogP contribution in [0.15, 0.2) is 78.3 Å². The predicted molar refractivity (Wildman–Crippen MR) is 130 cm³/mol. The van der Waals surface area contributed by atoms with Crippen LogP contribution >= 0.6 is 22.9 Å². The van der Waals surface area contributed by atoms with Gasteiger partial charge in [0.2, 0.25) is 0 Å². The van der Waals surface area contributed by atoms with Gasteiger partial charge in [-0.15, -0.1) is 11.3 Å². The molecule has 0 amide bonds. The first-order valence-corrected chi connectivity index (χ1v) is 11.2. The quantitative estimate of drug-likeness (QED) is 0.248. The van der Waals surface area contributed by atoms with Crippen molar-refractivity contribution in [1.82, 2.24) is 4.98 Å². The first-order valence-electron chi connectivity index (χ1n) is 9.90. The number of allylic oxidation sites excluding steroid dienone is 1. The fourth-order valence-corrected chi connectivity index (χ4v) is 4.57. The van der Waals surface area contributed by atoms with Crippen molar-refractivity contribution in [2.24, 2.45) is 0 Å². The average molecular weight is 446 g/mol. The molecule has 0 fully saturated rings. The lowest BCUT2D eigenvalue weighted by molar-refractivity contribution is -0.131. The van der Waals surface area contributed by atoms with E-state index < -0.39 is 5.97 Å². The fourth-order valence-electron chi connectivity index (χ4n) is 3.66. The number of hydrogen-bond donors (Lipinski definition) is 1. The summed E-state index contributed by atoms with van der Waals surface area (Å²) in [5.74, 6) is -0.965. The maximum absolute atomic E-state index is 10.8. The Labute approximate surface area is 190 Å². The van der Waals surface area contributed by atoms with Crippen molar-refractivity contribution in [2.75, 3.05) is 0 Å². The third-order valence-corrected chi connectivity index (χ3v) is 6.23. The van der Waals surface area contributed by atoms with Crippen LogP contribution in [0, 0.1) is 0 Å². The summed E-state index contributed by atoms with van der Waals surface area (Å²) in [6.07, 6.45) is 3.53. The van der Waals surface area contributed by atoms with E-state index in [0.717, 1.165) is 56.1 Å². The molecule has 1 aromatic heterocycles. The van der Waals surface area contributed by atoms with Gasteiger partial charge in [-0.25, -0.2) is 9.78 Å². The number of aromatic nitrogens is 1. The van der Waals surface area contributed by atoms with E-state index in [0.29, 0.717) is 5.02 Å². The van der Waals surface area contributed by atoms with E-state index in [1.807, 2.05) is 54.0 Å². The third kappa shape index (κ3) is 4.61. The number of rotatable bonds is 6. The molecule has 0 spiro atoms. The maximum Gasteiger partial charge on any atom is 0.328 e. The molecule has 1 N–H and O–H groups in total. The van der Waals surface area contributed by atoms with Crippen molar-refractivity contribution in [3.05, 3.63) is 106 Å². The Hall–Kier alpha value is -3.21. The topological polar surface area (TPSA) is 50.2 Å². The van der Waals surface area contributed by atoms with E-state index in [1.165, 1.54) is 0 Å². The zero-order valence-electron chi connectivity index (χ0n) is 16.9. The summed E-state index contributed by atoms with van der Waals surface area (Å²) in [5, 5.41) is 9.60. The molecule has 154 valence electrons. The number of hydrogen-bond acceptors (Lipinski definition) is 3. The molecule has 4 aromatic rings. The van der Waals surface area contributed by atoms with Gasteiger partial charge in [0, 0.05) is 11.1 Å². The first kappa shape index (κ1) is 21.0. The van der Waals surface area contributed by atoms with E-state index in [9.17, 15) is 4.79 Å². The number of carboxylic acids is 1. The number of fused-ring (bicyclic) bond motifs is 1. The highest BCUT2D eigenvalue weighted by Gasteiger charge is 2.16. The number of thiazole rings is 1. The van der Waals surface area contributed by atoms with E-state index in [4.69, 9.17) is 16.7 Å². The molecule has 3 nitrogen and oxygen atoms in total. The molecule has 0 aliphatic carbocycles. The molecule has 0 unspecified atom stereocenters. The van der Waals surface area contributed by atoms with Crippen LogP contribution < -0.4 is 0 Å². The van der Waals surface area contributed by atoms with Gasteiger partial charge >= 0.3 is 5.97 Å². The normalized spacial score (nSPS) is 12.3. The Morgan fingerprint density at radius 3 is 2.52 bits per heavy atom. The van der Waals surface area contributed by atoms with Gasteiger partial charge in [-0.05, 0) is 64.1 Å².